The van der Waals surface area contributed by atoms with Crippen LogP contribution in [0.4, 0.5) is 0 Å². The largest absolute Gasteiger partial charge is 0.376 e. The first kappa shape index (κ1) is 24.4. The number of benzene rings is 2. The summed E-state index contributed by atoms with van der Waals surface area (Å²) >= 11 is 0. The lowest BCUT2D eigenvalue weighted by Gasteiger charge is -2.54. The molecule has 3 fully saturated rings. The summed E-state index contributed by atoms with van der Waals surface area (Å²) in [6.45, 7) is 1.25. The summed E-state index contributed by atoms with van der Waals surface area (Å²) in [7, 11) is 0. The van der Waals surface area contributed by atoms with Crippen molar-refractivity contribution in [1.82, 2.24) is 0 Å². The third-order valence-corrected chi connectivity index (χ3v) is 8.78. The topological polar surface area (TPSA) is 146 Å². The third-order valence-electron chi connectivity index (χ3n) is 8.78. The van der Waals surface area contributed by atoms with Crippen molar-refractivity contribution in [2.45, 2.75) is 55.2 Å². The van der Waals surface area contributed by atoms with Gasteiger partial charge in [-0.25, -0.2) is 11.1 Å². The second kappa shape index (κ2) is 9.29. The fourth-order valence-electron chi connectivity index (χ4n) is 6.80. The minimum absolute atomic E-state index is 0.152. The first-order valence-electron chi connectivity index (χ1n) is 12.4. The molecule has 1 aliphatic heterocycles. The van der Waals surface area contributed by atoms with Gasteiger partial charge in [-0.1, -0.05) is 60.7 Å². The second-order valence-electron chi connectivity index (χ2n) is 10.2. The lowest BCUT2D eigenvalue weighted by molar-refractivity contribution is -0.202. The number of hydrogen-bond donors (Lipinski definition) is 3. The molecule has 2 aliphatic carbocycles. The van der Waals surface area contributed by atoms with Crippen molar-refractivity contribution in [2.24, 2.45) is 26.6 Å². The minimum atomic E-state index is -1.09. The van der Waals surface area contributed by atoms with Crippen LogP contribution in [0.5, 0.6) is 0 Å². The number of hydrogen-bond acceptors (Lipinski definition) is 9. The van der Waals surface area contributed by atoms with Crippen LogP contribution >= 0.6 is 0 Å². The Hall–Kier alpha value is -3.30. The van der Waals surface area contributed by atoms with Crippen LogP contribution in [0.25, 0.3) is 0 Å². The lowest BCUT2D eigenvalue weighted by Crippen LogP contribution is -2.64. The van der Waals surface area contributed by atoms with Crippen LogP contribution in [-0.2, 0) is 26.2 Å². The van der Waals surface area contributed by atoms with E-state index in [4.69, 9.17) is 26.4 Å². The highest BCUT2D eigenvalue weighted by atomic mass is 16.6. The molecule has 0 radical (unpaired) electrons. The number of hydrazone groups is 1. The van der Waals surface area contributed by atoms with Crippen molar-refractivity contribution in [2.75, 3.05) is 19.8 Å². The zero-order chi connectivity index (χ0) is 25.3. The normalized spacial score (nSPS) is 35.7. The minimum Gasteiger partial charge on any atom is -0.376 e. The van der Waals surface area contributed by atoms with Gasteiger partial charge in [0.1, 0.15) is 22.4 Å². The van der Waals surface area contributed by atoms with Gasteiger partial charge in [-0.05, 0) is 36.8 Å². The highest BCUT2D eigenvalue weighted by Crippen LogP contribution is 2.62. The fourth-order valence-corrected chi connectivity index (χ4v) is 6.80. The third kappa shape index (κ3) is 3.44. The number of nitrogens with zero attached hydrogens (tertiary/aromatic N) is 3. The molecule has 1 spiro atoms. The van der Waals surface area contributed by atoms with E-state index in [-0.39, 0.29) is 17.9 Å². The summed E-state index contributed by atoms with van der Waals surface area (Å²) in [5.74, 6) is 5.50. The molecule has 2 aromatic carbocycles. The van der Waals surface area contributed by atoms with Gasteiger partial charge in [0.15, 0.2) is 5.78 Å². The molecule has 3 aliphatic rings. The van der Waals surface area contributed by atoms with E-state index in [2.05, 4.69) is 15.3 Å². The molecule has 0 aromatic heterocycles. The van der Waals surface area contributed by atoms with E-state index < -0.39 is 22.1 Å². The standard InChI is InChI=1S/C27H32N6O3/c28-31-22-18-27(33-30,21-9-5-2-6-10-21)24(23(22)34)11-13-25(32-29,14-12-24)26(19-35-15-16-36-26)17-20-7-3-1-4-8-20/h1-10,29-30H,11-19,28H2. The van der Waals surface area contributed by atoms with E-state index >= 15 is 0 Å². The summed E-state index contributed by atoms with van der Waals surface area (Å²) in [4.78, 5) is 13.8. The number of ketones is 1. The molecule has 2 atom stereocenters. The number of carbonyl (C=O) groups is 1. The molecule has 1 heterocycles. The molecule has 2 aromatic rings. The highest BCUT2D eigenvalue weighted by Gasteiger charge is 2.68. The zero-order valence-electron chi connectivity index (χ0n) is 20.3. The number of nitrogens with two attached hydrogens (primary N) is 1. The lowest BCUT2D eigenvalue weighted by atomic mass is 9.54. The number of ether oxygens (including phenoxy) is 2. The van der Waals surface area contributed by atoms with Gasteiger partial charge < -0.3 is 15.3 Å². The van der Waals surface area contributed by atoms with Gasteiger partial charge in [-0.2, -0.15) is 15.3 Å². The molecule has 1 saturated heterocycles. The van der Waals surface area contributed by atoms with Crippen LogP contribution in [0.3, 0.4) is 0 Å². The molecule has 9 heteroatoms. The van der Waals surface area contributed by atoms with Gasteiger partial charge >= 0.3 is 0 Å². The number of Topliss-reactive ketones (excluding diaryl/α,β-unsaturated/α-hetero) is 1. The van der Waals surface area contributed by atoms with Crippen LogP contribution in [0.2, 0.25) is 0 Å². The molecular formula is C27H32N6O3. The van der Waals surface area contributed by atoms with Crippen molar-refractivity contribution in [3.8, 4) is 0 Å². The van der Waals surface area contributed by atoms with Crippen LogP contribution < -0.4 is 5.84 Å². The predicted octanol–water partition coefficient (Wildman–Crippen LogP) is 4.56. The molecule has 4 N–H and O–H groups in total. The van der Waals surface area contributed by atoms with Crippen LogP contribution in [-0.4, -0.2) is 42.5 Å². The van der Waals surface area contributed by atoms with Crippen molar-refractivity contribution in [1.29, 1.82) is 11.1 Å². The number of rotatable bonds is 6. The Morgan fingerprint density at radius 1 is 0.889 bits per heavy atom. The fraction of sp³-hybridized carbons (Fsp3) is 0.481. The number of nitrogens with one attached hydrogen (secondary N) is 2. The van der Waals surface area contributed by atoms with E-state index in [1.54, 1.807) is 0 Å². The molecule has 9 nitrogen and oxygen atoms in total. The Bertz CT molecular complexity index is 1150. The Morgan fingerprint density at radius 3 is 2.11 bits per heavy atom. The maximum atomic E-state index is 13.8. The summed E-state index contributed by atoms with van der Waals surface area (Å²) in [6.07, 6.45) is 2.39. The average Bonchev–Trinajstić information content (AvgIpc) is 3.18. The van der Waals surface area contributed by atoms with E-state index in [1.807, 2.05) is 60.7 Å². The SMILES string of the molecule is N=NC1(C2(Cc3ccccc3)COCCO2)CCC2(CC1)C(=O)C(=NN)CC2(N=N)c1ccccc1. The van der Waals surface area contributed by atoms with Crippen molar-refractivity contribution < 1.29 is 14.3 Å². The predicted molar refractivity (Wildman–Crippen MR) is 133 cm³/mol. The molecule has 2 saturated carbocycles. The van der Waals surface area contributed by atoms with E-state index in [0.29, 0.717) is 51.9 Å². The first-order valence-corrected chi connectivity index (χ1v) is 12.4. The van der Waals surface area contributed by atoms with Crippen molar-refractivity contribution in [3.63, 3.8) is 0 Å². The number of carbonyl (C=O) groups excluding carboxylic acids is 1. The second-order valence-corrected chi connectivity index (χ2v) is 10.2. The summed E-state index contributed by atoms with van der Waals surface area (Å²) < 4.78 is 12.4. The Kier molecular flexibility index (Phi) is 6.30. The molecule has 2 unspecified atom stereocenters. The van der Waals surface area contributed by atoms with E-state index in [9.17, 15) is 4.79 Å². The zero-order valence-corrected chi connectivity index (χ0v) is 20.3. The molecule has 0 bridgehead atoms. The quantitative estimate of drug-likeness (QED) is 0.311. The van der Waals surface area contributed by atoms with Gasteiger partial charge in [-0.15, -0.1) is 0 Å². The van der Waals surface area contributed by atoms with Crippen molar-refractivity contribution >= 4 is 11.5 Å². The van der Waals surface area contributed by atoms with E-state index in [1.165, 1.54) is 0 Å². The molecular weight excluding hydrogens is 456 g/mol. The molecule has 0 amide bonds. The monoisotopic (exact) mass is 488 g/mol. The van der Waals surface area contributed by atoms with Gasteiger partial charge in [0.05, 0.1) is 25.2 Å². The average molecular weight is 489 g/mol. The van der Waals surface area contributed by atoms with Crippen LogP contribution in [0.15, 0.2) is 76.0 Å². The van der Waals surface area contributed by atoms with Gasteiger partial charge in [-0.3, -0.25) is 4.79 Å². The van der Waals surface area contributed by atoms with Crippen molar-refractivity contribution in [3.05, 3.63) is 71.8 Å². The molecule has 36 heavy (non-hydrogen) atoms. The molecule has 188 valence electrons. The maximum absolute atomic E-state index is 13.8. The Labute approximate surface area is 210 Å². The Morgan fingerprint density at radius 2 is 1.56 bits per heavy atom. The Balaban J connectivity index is 1.55. The summed E-state index contributed by atoms with van der Waals surface area (Å²) in [5.41, 5.74) is 15.1. The van der Waals surface area contributed by atoms with Crippen LogP contribution in [0.1, 0.15) is 43.2 Å². The maximum Gasteiger partial charge on any atom is 0.187 e. The molecule has 5 rings (SSSR count). The summed E-state index contributed by atoms with van der Waals surface area (Å²) in [6, 6.07) is 19.6. The van der Waals surface area contributed by atoms with Gasteiger partial charge in [0.25, 0.3) is 0 Å². The first-order chi connectivity index (χ1) is 17.5. The van der Waals surface area contributed by atoms with E-state index in [0.717, 1.165) is 11.1 Å². The van der Waals surface area contributed by atoms with Gasteiger partial charge in [0.2, 0.25) is 0 Å². The highest BCUT2D eigenvalue weighted by molar-refractivity contribution is 6.44. The summed E-state index contributed by atoms with van der Waals surface area (Å²) in [5, 5.41) is 12.2. The van der Waals surface area contributed by atoms with Crippen LogP contribution in [0, 0.1) is 16.5 Å². The van der Waals surface area contributed by atoms with Gasteiger partial charge in [0, 0.05) is 12.8 Å². The smallest absolute Gasteiger partial charge is 0.187 e.